The lowest BCUT2D eigenvalue weighted by atomic mass is 10.0. The number of ether oxygens (including phenoxy) is 1. The van der Waals surface area contributed by atoms with Crippen molar-refractivity contribution in [1.29, 1.82) is 0 Å². The number of piperidine rings is 1. The van der Waals surface area contributed by atoms with Gasteiger partial charge in [0.25, 0.3) is 0 Å². The quantitative estimate of drug-likeness (QED) is 0.605. The van der Waals surface area contributed by atoms with Gasteiger partial charge in [-0.15, -0.1) is 0 Å². The molecule has 1 aromatic rings. The van der Waals surface area contributed by atoms with Crippen LogP contribution in [0, 0.1) is 0 Å². The van der Waals surface area contributed by atoms with Crippen LogP contribution in [0.5, 0.6) is 0 Å². The molecule has 2 rings (SSSR count). The molecule has 0 spiro atoms. The molecule has 1 aromatic heterocycles. The van der Waals surface area contributed by atoms with E-state index in [-0.39, 0.29) is 0 Å². The first-order valence-corrected chi connectivity index (χ1v) is 7.42. The molecule has 0 amide bonds. The van der Waals surface area contributed by atoms with Gasteiger partial charge in [0, 0.05) is 18.8 Å². The van der Waals surface area contributed by atoms with Crippen LogP contribution in [-0.4, -0.2) is 30.6 Å². The fourth-order valence-electron chi connectivity index (χ4n) is 2.43. The van der Waals surface area contributed by atoms with E-state index in [2.05, 4.69) is 32.7 Å². The van der Waals surface area contributed by atoms with Gasteiger partial charge in [-0.3, -0.25) is 0 Å². The summed E-state index contributed by atoms with van der Waals surface area (Å²) in [5, 5.41) is 0.362. The van der Waals surface area contributed by atoms with Gasteiger partial charge in [-0.05, 0) is 42.1 Å². The van der Waals surface area contributed by atoms with Crippen molar-refractivity contribution in [3.63, 3.8) is 0 Å². The highest BCUT2D eigenvalue weighted by Crippen LogP contribution is 2.38. The minimum Gasteiger partial charge on any atom is -0.465 e. The summed E-state index contributed by atoms with van der Waals surface area (Å²) in [6.07, 6.45) is 4.90. The Balaban J connectivity index is 2.52. The van der Waals surface area contributed by atoms with E-state index < -0.39 is 5.97 Å². The van der Waals surface area contributed by atoms with E-state index in [4.69, 9.17) is 16.3 Å². The van der Waals surface area contributed by atoms with Gasteiger partial charge in [0.1, 0.15) is 10.7 Å². The minimum absolute atomic E-state index is 0.362. The van der Waals surface area contributed by atoms with Crippen LogP contribution in [0.3, 0.4) is 0 Å². The highest BCUT2D eigenvalue weighted by Gasteiger charge is 2.27. The summed E-state index contributed by atoms with van der Waals surface area (Å²) in [4.78, 5) is 18.1. The average molecular weight is 348 g/mol. The summed E-state index contributed by atoms with van der Waals surface area (Å²) in [6.45, 7) is 3.06. The number of carbonyl (C=O) groups is 1. The lowest BCUT2D eigenvalue weighted by Gasteiger charge is -2.36. The zero-order chi connectivity index (χ0) is 14.0. The number of halogens is 2. The van der Waals surface area contributed by atoms with E-state index in [1.807, 2.05) is 0 Å². The molecule has 1 unspecified atom stereocenters. The van der Waals surface area contributed by atoms with Gasteiger partial charge in [-0.1, -0.05) is 11.6 Å². The standard InChI is InChI=1S/C13H16BrClN2O2/c1-8-5-3-4-6-17(8)11-9(13(18)19-2)7-16-12(15)10(11)14/h7-8H,3-6H2,1-2H3. The Morgan fingerprint density at radius 2 is 2.32 bits per heavy atom. The molecule has 0 radical (unpaired) electrons. The molecular formula is C13H16BrClN2O2. The predicted molar refractivity (Wildman–Crippen MR) is 78.9 cm³/mol. The van der Waals surface area contributed by atoms with Crippen molar-refractivity contribution in [2.75, 3.05) is 18.6 Å². The Morgan fingerprint density at radius 3 is 2.95 bits per heavy atom. The molecular weight excluding hydrogens is 332 g/mol. The van der Waals surface area contributed by atoms with Gasteiger partial charge in [-0.2, -0.15) is 0 Å². The summed E-state index contributed by atoms with van der Waals surface area (Å²) in [5.41, 5.74) is 1.24. The van der Waals surface area contributed by atoms with Gasteiger partial charge >= 0.3 is 5.97 Å². The largest absolute Gasteiger partial charge is 0.465 e. The van der Waals surface area contributed by atoms with Crippen LogP contribution in [0.25, 0.3) is 0 Å². The summed E-state index contributed by atoms with van der Waals surface area (Å²) < 4.78 is 5.49. The van der Waals surface area contributed by atoms with Crippen molar-refractivity contribution in [2.45, 2.75) is 32.2 Å². The molecule has 0 saturated carbocycles. The number of nitrogens with zero attached hydrogens (tertiary/aromatic N) is 2. The molecule has 2 heterocycles. The first-order chi connectivity index (χ1) is 9.06. The molecule has 1 fully saturated rings. The average Bonchev–Trinajstić information content (AvgIpc) is 2.42. The third kappa shape index (κ3) is 2.87. The summed E-state index contributed by atoms with van der Waals surface area (Å²) in [5.74, 6) is -0.391. The maximum Gasteiger partial charge on any atom is 0.341 e. The number of carbonyl (C=O) groups excluding carboxylic acids is 1. The van der Waals surface area contributed by atoms with Crippen LogP contribution in [-0.2, 0) is 4.74 Å². The fraction of sp³-hybridized carbons (Fsp3) is 0.538. The highest BCUT2D eigenvalue weighted by molar-refractivity contribution is 9.10. The number of hydrogen-bond donors (Lipinski definition) is 0. The van der Waals surface area contributed by atoms with Crippen molar-refractivity contribution in [3.05, 3.63) is 21.4 Å². The zero-order valence-electron chi connectivity index (χ0n) is 10.9. The molecule has 0 bridgehead atoms. The molecule has 19 heavy (non-hydrogen) atoms. The van der Waals surface area contributed by atoms with Crippen molar-refractivity contribution in [2.24, 2.45) is 0 Å². The zero-order valence-corrected chi connectivity index (χ0v) is 13.3. The molecule has 1 saturated heterocycles. The summed E-state index contributed by atoms with van der Waals surface area (Å²) in [6, 6.07) is 0.368. The van der Waals surface area contributed by atoms with Crippen molar-refractivity contribution in [3.8, 4) is 0 Å². The van der Waals surface area contributed by atoms with Gasteiger partial charge in [0.05, 0.1) is 17.3 Å². The third-order valence-electron chi connectivity index (χ3n) is 3.45. The van der Waals surface area contributed by atoms with Crippen LogP contribution < -0.4 is 4.90 Å². The van der Waals surface area contributed by atoms with Crippen LogP contribution in [0.2, 0.25) is 5.15 Å². The third-order valence-corrected chi connectivity index (χ3v) is 4.71. The molecule has 0 aliphatic carbocycles. The molecule has 1 aliphatic heterocycles. The monoisotopic (exact) mass is 346 g/mol. The van der Waals surface area contributed by atoms with Crippen LogP contribution in [0.1, 0.15) is 36.5 Å². The van der Waals surface area contributed by atoms with Gasteiger partial charge < -0.3 is 9.64 Å². The predicted octanol–water partition coefficient (Wildman–Crippen LogP) is 3.66. The van der Waals surface area contributed by atoms with Gasteiger partial charge in [0.15, 0.2) is 0 Å². The molecule has 104 valence electrons. The normalized spacial score (nSPS) is 19.4. The van der Waals surface area contributed by atoms with Crippen molar-refractivity contribution >= 4 is 39.2 Å². The van der Waals surface area contributed by atoms with E-state index in [0.29, 0.717) is 21.2 Å². The van der Waals surface area contributed by atoms with Gasteiger partial charge in [-0.25, -0.2) is 9.78 Å². The number of anilines is 1. The smallest absolute Gasteiger partial charge is 0.341 e. The number of methoxy groups -OCH3 is 1. The molecule has 0 aromatic carbocycles. The van der Waals surface area contributed by atoms with E-state index in [1.54, 1.807) is 0 Å². The Morgan fingerprint density at radius 1 is 1.58 bits per heavy atom. The SMILES string of the molecule is COC(=O)c1cnc(Cl)c(Br)c1N1CCCCC1C. The summed E-state index contributed by atoms with van der Waals surface area (Å²) >= 11 is 9.51. The Kier molecular flexibility index (Phi) is 4.68. The maximum atomic E-state index is 11.9. The van der Waals surface area contributed by atoms with E-state index >= 15 is 0 Å². The highest BCUT2D eigenvalue weighted by atomic mass is 79.9. The topological polar surface area (TPSA) is 42.4 Å². The minimum atomic E-state index is -0.391. The maximum absolute atomic E-state index is 11.9. The van der Waals surface area contributed by atoms with E-state index in [1.165, 1.54) is 19.7 Å². The lowest BCUT2D eigenvalue weighted by molar-refractivity contribution is 0.0600. The first kappa shape index (κ1) is 14.6. The lowest BCUT2D eigenvalue weighted by Crippen LogP contribution is -2.38. The van der Waals surface area contributed by atoms with E-state index in [0.717, 1.165) is 25.1 Å². The Labute approximate surface area is 126 Å². The number of aromatic nitrogens is 1. The van der Waals surface area contributed by atoms with Crippen molar-refractivity contribution < 1.29 is 9.53 Å². The fourth-order valence-corrected chi connectivity index (χ4v) is 3.11. The Hall–Kier alpha value is -0.810. The van der Waals surface area contributed by atoms with Crippen LogP contribution in [0.4, 0.5) is 5.69 Å². The van der Waals surface area contributed by atoms with Gasteiger partial charge in [0.2, 0.25) is 0 Å². The molecule has 1 aliphatic rings. The number of rotatable bonds is 2. The number of pyridine rings is 1. The molecule has 1 atom stereocenters. The number of hydrogen-bond acceptors (Lipinski definition) is 4. The second kappa shape index (κ2) is 6.09. The number of esters is 1. The second-order valence-corrected chi connectivity index (χ2v) is 5.81. The van der Waals surface area contributed by atoms with Crippen molar-refractivity contribution in [1.82, 2.24) is 4.98 Å². The summed E-state index contributed by atoms with van der Waals surface area (Å²) in [7, 11) is 1.37. The van der Waals surface area contributed by atoms with Crippen LogP contribution >= 0.6 is 27.5 Å². The molecule has 6 heteroatoms. The Bertz CT molecular complexity index is 496. The first-order valence-electron chi connectivity index (χ1n) is 6.25. The van der Waals surface area contributed by atoms with Crippen LogP contribution in [0.15, 0.2) is 10.7 Å². The van der Waals surface area contributed by atoms with E-state index in [9.17, 15) is 4.79 Å². The molecule has 4 nitrogen and oxygen atoms in total. The second-order valence-electron chi connectivity index (χ2n) is 4.66. The molecule has 0 N–H and O–H groups in total.